The van der Waals surface area contributed by atoms with Gasteiger partial charge in [-0.05, 0) is 39.0 Å². The van der Waals surface area contributed by atoms with Crippen molar-refractivity contribution in [1.29, 1.82) is 0 Å². The van der Waals surface area contributed by atoms with Crippen molar-refractivity contribution < 1.29 is 4.79 Å². The fraction of sp³-hybridized carbons (Fsp3) is 0.421. The monoisotopic (exact) mass is 369 g/mol. The van der Waals surface area contributed by atoms with E-state index in [1.807, 2.05) is 15.6 Å². The summed E-state index contributed by atoms with van der Waals surface area (Å²) in [6, 6.07) is 6.28. The van der Waals surface area contributed by atoms with Crippen molar-refractivity contribution in [3.8, 4) is 10.6 Å². The molecule has 0 aliphatic carbocycles. The standard InChI is InChI=1S/C19H23N5OS/c1-12(2)24-18-15(11-21-24)14(19(25)23-8-6-20-7-9-23)10-16(22-18)17-5-4-13(3)26-17/h4-5,10-12,20H,6-9H2,1-3H3. The minimum atomic E-state index is 0.0664. The van der Waals surface area contributed by atoms with Crippen LogP contribution in [0.2, 0.25) is 0 Å². The van der Waals surface area contributed by atoms with Crippen molar-refractivity contribution in [2.45, 2.75) is 26.8 Å². The van der Waals surface area contributed by atoms with Crippen LogP contribution in [0.3, 0.4) is 0 Å². The van der Waals surface area contributed by atoms with Crippen LogP contribution in [0.25, 0.3) is 21.6 Å². The van der Waals surface area contributed by atoms with E-state index in [2.05, 4.69) is 43.3 Å². The molecule has 6 nitrogen and oxygen atoms in total. The summed E-state index contributed by atoms with van der Waals surface area (Å²) >= 11 is 1.70. The number of hydrogen-bond donors (Lipinski definition) is 1. The van der Waals surface area contributed by atoms with E-state index in [0.29, 0.717) is 5.56 Å². The van der Waals surface area contributed by atoms with Gasteiger partial charge in [0.2, 0.25) is 0 Å². The SMILES string of the molecule is Cc1ccc(-c2cc(C(=O)N3CCNCC3)c3cnn(C(C)C)c3n2)s1. The van der Waals surface area contributed by atoms with Crippen molar-refractivity contribution in [1.82, 2.24) is 25.0 Å². The van der Waals surface area contributed by atoms with Gasteiger partial charge < -0.3 is 10.2 Å². The van der Waals surface area contributed by atoms with E-state index in [1.54, 1.807) is 17.5 Å². The number of nitrogens with one attached hydrogen (secondary N) is 1. The average molecular weight is 369 g/mol. The van der Waals surface area contributed by atoms with Crippen LogP contribution in [0.4, 0.5) is 0 Å². The van der Waals surface area contributed by atoms with Crippen LogP contribution in [0, 0.1) is 6.92 Å². The molecule has 7 heteroatoms. The van der Waals surface area contributed by atoms with Crippen molar-refractivity contribution in [2.75, 3.05) is 26.2 Å². The molecule has 1 N–H and O–H groups in total. The Morgan fingerprint density at radius 1 is 1.27 bits per heavy atom. The van der Waals surface area contributed by atoms with Gasteiger partial charge in [0.05, 0.1) is 27.7 Å². The summed E-state index contributed by atoms with van der Waals surface area (Å²) < 4.78 is 1.90. The third-order valence-electron chi connectivity index (χ3n) is 4.68. The van der Waals surface area contributed by atoms with Crippen LogP contribution < -0.4 is 5.32 Å². The molecule has 136 valence electrons. The fourth-order valence-electron chi connectivity index (χ4n) is 3.31. The van der Waals surface area contributed by atoms with E-state index >= 15 is 0 Å². The van der Waals surface area contributed by atoms with Crippen LogP contribution in [0.1, 0.15) is 35.1 Å². The van der Waals surface area contributed by atoms with E-state index < -0.39 is 0 Å². The molecule has 4 rings (SSSR count). The Labute approximate surface area is 156 Å². The highest BCUT2D eigenvalue weighted by Crippen LogP contribution is 2.31. The summed E-state index contributed by atoms with van der Waals surface area (Å²) in [5.74, 6) is 0.0664. The Kier molecular flexibility index (Phi) is 4.50. The maximum Gasteiger partial charge on any atom is 0.254 e. The largest absolute Gasteiger partial charge is 0.336 e. The smallest absolute Gasteiger partial charge is 0.254 e. The van der Waals surface area contributed by atoms with Gasteiger partial charge in [0.15, 0.2) is 5.65 Å². The summed E-state index contributed by atoms with van der Waals surface area (Å²) in [4.78, 5) is 22.3. The second-order valence-corrected chi connectivity index (χ2v) is 8.22. The number of pyridine rings is 1. The zero-order valence-corrected chi connectivity index (χ0v) is 16.1. The van der Waals surface area contributed by atoms with E-state index in [9.17, 15) is 4.79 Å². The fourth-order valence-corrected chi connectivity index (χ4v) is 4.14. The Bertz CT molecular complexity index is 952. The minimum absolute atomic E-state index is 0.0664. The summed E-state index contributed by atoms with van der Waals surface area (Å²) in [6.07, 6.45) is 1.78. The topological polar surface area (TPSA) is 63.1 Å². The van der Waals surface area contributed by atoms with E-state index in [0.717, 1.165) is 47.8 Å². The summed E-state index contributed by atoms with van der Waals surface area (Å²) in [6.45, 7) is 9.37. The Balaban J connectivity index is 1.88. The normalized spacial score (nSPS) is 15.2. The molecule has 0 aromatic carbocycles. The Hall–Kier alpha value is -2.25. The Morgan fingerprint density at radius 2 is 2.04 bits per heavy atom. The van der Waals surface area contributed by atoms with E-state index in [-0.39, 0.29) is 11.9 Å². The molecule has 3 aromatic heterocycles. The molecular formula is C19H23N5OS. The first-order valence-electron chi connectivity index (χ1n) is 8.99. The van der Waals surface area contributed by atoms with E-state index in [4.69, 9.17) is 4.98 Å². The lowest BCUT2D eigenvalue weighted by Gasteiger charge is -2.27. The summed E-state index contributed by atoms with van der Waals surface area (Å²) in [5.41, 5.74) is 2.32. The van der Waals surface area contributed by atoms with Crippen molar-refractivity contribution in [3.05, 3.63) is 34.8 Å². The number of thiophene rings is 1. The minimum Gasteiger partial charge on any atom is -0.336 e. The number of hydrogen-bond acceptors (Lipinski definition) is 5. The molecule has 0 radical (unpaired) electrons. The van der Waals surface area contributed by atoms with E-state index in [1.165, 1.54) is 4.88 Å². The average Bonchev–Trinajstić information content (AvgIpc) is 3.27. The molecule has 0 bridgehead atoms. The molecule has 0 unspecified atom stereocenters. The number of aromatic nitrogens is 3. The molecule has 1 amide bonds. The number of amides is 1. The maximum atomic E-state index is 13.2. The quantitative estimate of drug-likeness (QED) is 0.771. The highest BCUT2D eigenvalue weighted by Gasteiger charge is 2.23. The van der Waals surface area contributed by atoms with Crippen LogP contribution in [0.5, 0.6) is 0 Å². The zero-order chi connectivity index (χ0) is 18.3. The molecule has 1 fully saturated rings. The number of aryl methyl sites for hydroxylation is 1. The number of rotatable bonds is 3. The number of piperazine rings is 1. The van der Waals surface area contributed by atoms with Crippen LogP contribution in [-0.2, 0) is 0 Å². The van der Waals surface area contributed by atoms with Crippen LogP contribution in [-0.4, -0.2) is 51.8 Å². The molecule has 1 saturated heterocycles. The zero-order valence-electron chi connectivity index (χ0n) is 15.3. The maximum absolute atomic E-state index is 13.2. The van der Waals surface area contributed by atoms with Crippen LogP contribution in [0.15, 0.2) is 24.4 Å². The predicted octanol–water partition coefficient (Wildman–Crippen LogP) is 3.09. The van der Waals surface area contributed by atoms with Gasteiger partial charge in [0.25, 0.3) is 5.91 Å². The summed E-state index contributed by atoms with van der Waals surface area (Å²) in [7, 11) is 0. The number of carbonyl (C=O) groups is 1. The van der Waals surface area contributed by atoms with Gasteiger partial charge in [-0.15, -0.1) is 11.3 Å². The second-order valence-electron chi connectivity index (χ2n) is 6.93. The third kappa shape index (κ3) is 3.01. The van der Waals surface area contributed by atoms with Gasteiger partial charge >= 0.3 is 0 Å². The molecule has 1 aliphatic rings. The molecule has 0 atom stereocenters. The van der Waals surface area contributed by atoms with Crippen molar-refractivity contribution in [3.63, 3.8) is 0 Å². The molecule has 3 aromatic rings. The Morgan fingerprint density at radius 3 is 2.69 bits per heavy atom. The number of nitrogens with zero attached hydrogens (tertiary/aromatic N) is 4. The number of carbonyl (C=O) groups excluding carboxylic acids is 1. The van der Waals surface area contributed by atoms with Crippen LogP contribution >= 0.6 is 11.3 Å². The molecule has 1 aliphatic heterocycles. The molecule has 0 spiro atoms. The first-order valence-corrected chi connectivity index (χ1v) is 9.81. The van der Waals surface area contributed by atoms with Gasteiger partial charge in [0, 0.05) is 37.1 Å². The van der Waals surface area contributed by atoms with Gasteiger partial charge in [-0.3, -0.25) is 4.79 Å². The molecule has 0 saturated carbocycles. The second kappa shape index (κ2) is 6.81. The first-order chi connectivity index (χ1) is 12.5. The molecule has 4 heterocycles. The lowest BCUT2D eigenvalue weighted by Crippen LogP contribution is -2.46. The van der Waals surface area contributed by atoms with Crippen molar-refractivity contribution in [2.24, 2.45) is 0 Å². The van der Waals surface area contributed by atoms with Gasteiger partial charge in [-0.2, -0.15) is 5.10 Å². The molecule has 26 heavy (non-hydrogen) atoms. The first kappa shape index (κ1) is 17.2. The van der Waals surface area contributed by atoms with Crippen molar-refractivity contribution >= 4 is 28.3 Å². The molecular weight excluding hydrogens is 346 g/mol. The third-order valence-corrected chi connectivity index (χ3v) is 5.71. The van der Waals surface area contributed by atoms with Gasteiger partial charge in [0.1, 0.15) is 0 Å². The highest BCUT2D eigenvalue weighted by atomic mass is 32.1. The lowest BCUT2D eigenvalue weighted by atomic mass is 10.1. The highest BCUT2D eigenvalue weighted by molar-refractivity contribution is 7.15. The predicted molar refractivity (Wildman–Crippen MR) is 105 cm³/mol. The van der Waals surface area contributed by atoms with Gasteiger partial charge in [-0.25, -0.2) is 9.67 Å². The van der Waals surface area contributed by atoms with Gasteiger partial charge in [-0.1, -0.05) is 0 Å². The number of fused-ring (bicyclic) bond motifs is 1. The lowest BCUT2D eigenvalue weighted by molar-refractivity contribution is 0.0738. The summed E-state index contributed by atoms with van der Waals surface area (Å²) in [5, 5.41) is 8.63.